The number of pyridine rings is 2. The number of aliphatic hydroxyl groups is 1. The third kappa shape index (κ3) is 5.46. The van der Waals surface area contributed by atoms with Crippen molar-refractivity contribution >= 4 is 49.3 Å². The molecular weight excluding hydrogens is 673 g/mol. The summed E-state index contributed by atoms with van der Waals surface area (Å²) in [6, 6.07) is 24.1. The Bertz CT molecular complexity index is 1800. The van der Waals surface area contributed by atoms with Crippen LogP contribution in [0.4, 0.5) is 0 Å². The average Bonchev–Trinajstić information content (AvgIpc) is 3.40. The molecule has 0 spiro atoms. The number of nitrogens with zero attached hydrogens (tertiary/aromatic N) is 2. The SMILES string of the molecule is CC(=O)/C=C(/C)O.Cc1ccc2c(n1)oc1c(-c3cc4sc(-c5ccccc5)c(C)c4cn3)[c-]ccc12.[Ir]. The number of aryl methyl sites for hydroxylation is 2. The maximum absolute atomic E-state index is 10.0. The van der Waals surface area contributed by atoms with E-state index in [9.17, 15) is 4.79 Å². The van der Waals surface area contributed by atoms with Crippen molar-refractivity contribution in [3.8, 4) is 21.7 Å². The quantitative estimate of drug-likeness (QED) is 0.114. The van der Waals surface area contributed by atoms with E-state index in [2.05, 4.69) is 54.4 Å². The van der Waals surface area contributed by atoms with Gasteiger partial charge in [0.2, 0.25) is 5.71 Å². The van der Waals surface area contributed by atoms with Gasteiger partial charge in [-0.1, -0.05) is 47.3 Å². The first-order valence-electron chi connectivity index (χ1n) is 11.8. The smallest absolute Gasteiger partial charge is 0.216 e. The number of hydrogen-bond acceptors (Lipinski definition) is 6. The summed E-state index contributed by atoms with van der Waals surface area (Å²) in [7, 11) is 0. The van der Waals surface area contributed by atoms with Crippen molar-refractivity contribution < 1.29 is 34.4 Å². The molecule has 5 nitrogen and oxygen atoms in total. The van der Waals surface area contributed by atoms with Crippen molar-refractivity contribution in [1.29, 1.82) is 0 Å². The van der Waals surface area contributed by atoms with Crippen LogP contribution < -0.4 is 0 Å². The molecule has 4 aromatic heterocycles. The van der Waals surface area contributed by atoms with Gasteiger partial charge in [0.15, 0.2) is 5.78 Å². The molecular formula is C31H25IrN2O3S-. The molecule has 1 N–H and O–H groups in total. The number of ketones is 1. The van der Waals surface area contributed by atoms with Crippen LogP contribution in [0, 0.1) is 19.9 Å². The molecule has 4 heterocycles. The van der Waals surface area contributed by atoms with Gasteiger partial charge in [-0.15, -0.1) is 29.5 Å². The Labute approximate surface area is 238 Å². The van der Waals surface area contributed by atoms with Crippen LogP contribution in [0.25, 0.3) is 53.9 Å². The second-order valence-corrected chi connectivity index (χ2v) is 9.94. The van der Waals surface area contributed by atoms with E-state index in [1.807, 2.05) is 37.4 Å². The summed E-state index contributed by atoms with van der Waals surface area (Å²) in [5, 5.41) is 11.6. The fourth-order valence-electron chi connectivity index (χ4n) is 4.31. The fraction of sp³-hybridized carbons (Fsp3) is 0.129. The third-order valence-corrected chi connectivity index (χ3v) is 7.27. The fourth-order valence-corrected chi connectivity index (χ4v) is 5.54. The van der Waals surface area contributed by atoms with E-state index in [0.29, 0.717) is 5.71 Å². The van der Waals surface area contributed by atoms with Gasteiger partial charge in [0.25, 0.3) is 0 Å². The number of hydrogen-bond donors (Lipinski definition) is 1. The van der Waals surface area contributed by atoms with Crippen molar-refractivity contribution in [2.24, 2.45) is 0 Å². The predicted molar refractivity (Wildman–Crippen MR) is 151 cm³/mol. The van der Waals surface area contributed by atoms with E-state index in [4.69, 9.17) is 14.5 Å². The molecule has 0 amide bonds. The molecule has 1 radical (unpaired) electrons. The number of rotatable bonds is 3. The minimum Gasteiger partial charge on any atom is -0.512 e. The number of allylic oxidation sites excluding steroid dienone is 2. The van der Waals surface area contributed by atoms with Gasteiger partial charge >= 0.3 is 0 Å². The van der Waals surface area contributed by atoms with E-state index in [-0.39, 0.29) is 31.6 Å². The van der Waals surface area contributed by atoms with Crippen LogP contribution in [0.2, 0.25) is 0 Å². The van der Waals surface area contributed by atoms with Gasteiger partial charge in [-0.25, -0.2) is 4.98 Å². The predicted octanol–water partition coefficient (Wildman–Crippen LogP) is 8.38. The molecule has 0 saturated heterocycles. The Kier molecular flexibility index (Phi) is 8.22. The van der Waals surface area contributed by atoms with E-state index >= 15 is 0 Å². The van der Waals surface area contributed by atoms with Crippen molar-refractivity contribution in [3.05, 3.63) is 96.0 Å². The number of carbonyl (C=O) groups excluding carboxylic acids is 1. The summed E-state index contributed by atoms with van der Waals surface area (Å²) in [4.78, 5) is 20.6. The third-order valence-electron chi connectivity index (χ3n) is 5.96. The van der Waals surface area contributed by atoms with Gasteiger partial charge in [-0.2, -0.15) is 0 Å². The molecule has 38 heavy (non-hydrogen) atoms. The zero-order chi connectivity index (χ0) is 26.1. The summed E-state index contributed by atoms with van der Waals surface area (Å²) in [6.45, 7) is 6.99. The van der Waals surface area contributed by atoms with Crippen LogP contribution in [0.15, 0.2) is 83.1 Å². The first kappa shape index (κ1) is 27.4. The van der Waals surface area contributed by atoms with Crippen molar-refractivity contribution in [1.82, 2.24) is 9.97 Å². The van der Waals surface area contributed by atoms with E-state index in [0.717, 1.165) is 33.3 Å². The van der Waals surface area contributed by atoms with E-state index in [1.54, 1.807) is 11.3 Å². The molecule has 0 bridgehead atoms. The molecule has 7 heteroatoms. The van der Waals surface area contributed by atoms with Gasteiger partial charge in [-0.05, 0) is 56.6 Å². The number of aromatic nitrogens is 2. The molecule has 6 rings (SSSR count). The van der Waals surface area contributed by atoms with Gasteiger partial charge < -0.3 is 14.5 Å². The Morgan fingerprint density at radius 1 is 1.03 bits per heavy atom. The number of fused-ring (bicyclic) bond motifs is 4. The summed E-state index contributed by atoms with van der Waals surface area (Å²) in [6.07, 6.45) is 3.14. The summed E-state index contributed by atoms with van der Waals surface area (Å²) < 4.78 is 7.36. The second kappa shape index (κ2) is 11.4. The number of benzene rings is 2. The summed E-state index contributed by atoms with van der Waals surface area (Å²) in [5.41, 5.74) is 6.63. The number of thiophene rings is 1. The average molecular weight is 698 g/mol. The molecule has 0 saturated carbocycles. The second-order valence-electron chi connectivity index (χ2n) is 8.89. The van der Waals surface area contributed by atoms with Crippen LogP contribution in [0.3, 0.4) is 0 Å². The zero-order valence-electron chi connectivity index (χ0n) is 21.3. The maximum Gasteiger partial charge on any atom is 0.216 e. The Hall–Kier alpha value is -3.64. The minimum atomic E-state index is -0.125. The standard InChI is InChI=1S/C26H17N2OS.C5H8O2.Ir/c1-15-11-12-19-18-9-6-10-20(24(18)29-26(19)28-15)22-13-23-21(14-27-22)16(2)25(30-23)17-7-4-3-5-8-17;1-4(6)3-5(2)7;/h3-9,11-14H,1-2H3;3,6H,1-2H3;/q-1;;/b;4-3-;. The molecule has 2 aromatic carbocycles. The van der Waals surface area contributed by atoms with Gasteiger partial charge in [0.05, 0.1) is 11.3 Å². The Morgan fingerprint density at radius 3 is 2.47 bits per heavy atom. The van der Waals surface area contributed by atoms with Crippen LogP contribution >= 0.6 is 11.3 Å². The molecule has 0 fully saturated rings. The first-order chi connectivity index (χ1) is 17.8. The molecule has 0 aliphatic carbocycles. The number of furan rings is 1. The molecule has 6 aromatic rings. The molecule has 0 atom stereocenters. The number of carbonyl (C=O) groups is 1. The largest absolute Gasteiger partial charge is 0.512 e. The van der Waals surface area contributed by atoms with Crippen molar-refractivity contribution in [2.45, 2.75) is 27.7 Å². The monoisotopic (exact) mass is 698 g/mol. The van der Waals surface area contributed by atoms with Crippen LogP contribution in [0.1, 0.15) is 25.1 Å². The van der Waals surface area contributed by atoms with E-state index < -0.39 is 0 Å². The zero-order valence-corrected chi connectivity index (χ0v) is 24.5. The summed E-state index contributed by atoms with van der Waals surface area (Å²) >= 11 is 1.80. The van der Waals surface area contributed by atoms with Crippen LogP contribution in [0.5, 0.6) is 0 Å². The minimum absolute atomic E-state index is 0. The molecule has 0 aliphatic rings. The Morgan fingerprint density at radius 2 is 1.79 bits per heavy atom. The Balaban J connectivity index is 0.000000375. The topological polar surface area (TPSA) is 76.2 Å². The molecule has 0 unspecified atom stereocenters. The van der Waals surface area contributed by atoms with Crippen molar-refractivity contribution in [2.75, 3.05) is 0 Å². The van der Waals surface area contributed by atoms with Crippen molar-refractivity contribution in [3.63, 3.8) is 0 Å². The normalized spacial score (nSPS) is 11.3. The molecule has 0 aliphatic heterocycles. The van der Waals surface area contributed by atoms with Gasteiger partial charge in [-0.3, -0.25) is 4.79 Å². The van der Waals surface area contributed by atoms with Gasteiger partial charge in [0, 0.05) is 58.4 Å². The summed E-state index contributed by atoms with van der Waals surface area (Å²) in [5.74, 6) is -0.0625. The van der Waals surface area contributed by atoms with Gasteiger partial charge in [0.1, 0.15) is 0 Å². The maximum atomic E-state index is 10.0. The molecule has 193 valence electrons. The first-order valence-corrected chi connectivity index (χ1v) is 12.7. The number of aliphatic hydroxyl groups excluding tert-OH is 1. The van der Waals surface area contributed by atoms with Crippen LogP contribution in [-0.2, 0) is 24.9 Å². The van der Waals surface area contributed by atoms with E-state index in [1.165, 1.54) is 46.0 Å². The van der Waals surface area contributed by atoms with Crippen LogP contribution in [-0.4, -0.2) is 20.9 Å².